The van der Waals surface area contributed by atoms with E-state index in [2.05, 4.69) is 4.98 Å². The molecule has 0 radical (unpaired) electrons. The SMILES string of the molecule is CC(OC(=O)c1cc(N2CCOCC2)ccc1[N+](=O)[O-])C(=O)c1c[nH]c2ccccc12. The highest BCUT2D eigenvalue weighted by atomic mass is 16.6. The van der Waals surface area contributed by atoms with E-state index in [-0.39, 0.29) is 11.3 Å². The number of nitro groups is 1. The van der Waals surface area contributed by atoms with E-state index in [1.54, 1.807) is 18.3 Å². The Bertz CT molecular complexity index is 1150. The zero-order valence-electron chi connectivity index (χ0n) is 16.9. The molecule has 160 valence electrons. The number of carbonyl (C=O) groups is 2. The van der Waals surface area contributed by atoms with Crippen molar-refractivity contribution in [3.05, 3.63) is 69.9 Å². The summed E-state index contributed by atoms with van der Waals surface area (Å²) < 4.78 is 10.7. The molecule has 1 aromatic heterocycles. The molecule has 0 amide bonds. The lowest BCUT2D eigenvalue weighted by molar-refractivity contribution is -0.385. The van der Waals surface area contributed by atoms with Crippen LogP contribution in [0.25, 0.3) is 10.9 Å². The molecule has 1 aliphatic heterocycles. The maximum atomic E-state index is 12.9. The highest BCUT2D eigenvalue weighted by Gasteiger charge is 2.28. The van der Waals surface area contributed by atoms with E-state index < -0.39 is 22.8 Å². The van der Waals surface area contributed by atoms with Gasteiger partial charge in [0.25, 0.3) is 5.69 Å². The van der Waals surface area contributed by atoms with Gasteiger partial charge in [0.2, 0.25) is 5.78 Å². The van der Waals surface area contributed by atoms with E-state index in [0.717, 1.165) is 10.9 Å². The summed E-state index contributed by atoms with van der Waals surface area (Å²) in [5.41, 5.74) is 1.29. The number of fused-ring (bicyclic) bond motifs is 1. The van der Waals surface area contributed by atoms with E-state index in [9.17, 15) is 19.7 Å². The molecule has 4 rings (SSSR count). The molecule has 2 heterocycles. The molecule has 9 nitrogen and oxygen atoms in total. The Kier molecular flexibility index (Phi) is 5.68. The number of ketones is 1. The largest absolute Gasteiger partial charge is 0.450 e. The highest BCUT2D eigenvalue weighted by molar-refractivity contribution is 6.10. The molecule has 2 aromatic carbocycles. The lowest BCUT2D eigenvalue weighted by Crippen LogP contribution is -2.36. The fourth-order valence-corrected chi connectivity index (χ4v) is 3.64. The molecule has 1 N–H and O–H groups in total. The summed E-state index contributed by atoms with van der Waals surface area (Å²) in [7, 11) is 0. The van der Waals surface area contributed by atoms with Gasteiger partial charge >= 0.3 is 5.97 Å². The maximum Gasteiger partial charge on any atom is 0.345 e. The number of carbonyl (C=O) groups excluding carboxylic acids is 2. The predicted octanol–water partition coefficient (Wildman–Crippen LogP) is 3.34. The molecular weight excluding hydrogens is 402 g/mol. The number of ether oxygens (including phenoxy) is 2. The van der Waals surface area contributed by atoms with Gasteiger partial charge in [-0.1, -0.05) is 18.2 Å². The van der Waals surface area contributed by atoms with E-state index in [1.807, 2.05) is 23.1 Å². The summed E-state index contributed by atoms with van der Waals surface area (Å²) in [4.78, 5) is 41.5. The first kappa shape index (κ1) is 20.5. The van der Waals surface area contributed by atoms with E-state index in [0.29, 0.717) is 37.6 Å². The Morgan fingerprint density at radius 2 is 1.90 bits per heavy atom. The van der Waals surface area contributed by atoms with Crippen LogP contribution >= 0.6 is 0 Å². The number of aromatic nitrogens is 1. The summed E-state index contributed by atoms with van der Waals surface area (Å²) in [6.07, 6.45) is 0.456. The number of H-pyrrole nitrogens is 1. The van der Waals surface area contributed by atoms with Crippen LogP contribution in [0.3, 0.4) is 0 Å². The van der Waals surface area contributed by atoms with E-state index in [4.69, 9.17) is 9.47 Å². The second kappa shape index (κ2) is 8.57. The summed E-state index contributed by atoms with van der Waals surface area (Å²) >= 11 is 0. The lowest BCUT2D eigenvalue weighted by atomic mass is 10.1. The van der Waals surface area contributed by atoms with Crippen molar-refractivity contribution in [2.45, 2.75) is 13.0 Å². The average Bonchev–Trinajstić information content (AvgIpc) is 3.22. The standard InChI is InChI=1S/C22H21N3O6/c1-14(21(26)18-13-23-19-5-3-2-4-16(18)19)31-22(27)17-12-15(6-7-20(17)25(28)29)24-8-10-30-11-9-24/h2-7,12-14,23H,8-11H2,1H3. The van der Waals surface area contributed by atoms with E-state index >= 15 is 0 Å². The number of anilines is 1. The number of para-hydroxylation sites is 1. The van der Waals surface area contributed by atoms with Gasteiger partial charge in [0.05, 0.1) is 18.1 Å². The number of aromatic amines is 1. The van der Waals surface area contributed by atoms with Gasteiger partial charge in [-0.3, -0.25) is 14.9 Å². The zero-order chi connectivity index (χ0) is 22.0. The molecule has 1 saturated heterocycles. The number of morpholine rings is 1. The van der Waals surface area contributed by atoms with Crippen molar-refractivity contribution in [2.24, 2.45) is 0 Å². The van der Waals surface area contributed by atoms with Crippen LogP contribution in [-0.4, -0.2) is 54.1 Å². The molecule has 3 aromatic rings. The first-order valence-corrected chi connectivity index (χ1v) is 9.88. The molecule has 0 bridgehead atoms. The Labute approximate surface area is 177 Å². The van der Waals surface area contributed by atoms with Crippen LogP contribution < -0.4 is 4.90 Å². The first-order chi connectivity index (χ1) is 15.0. The summed E-state index contributed by atoms with van der Waals surface area (Å²) in [6.45, 7) is 3.75. The minimum Gasteiger partial charge on any atom is -0.450 e. The maximum absolute atomic E-state index is 12.9. The molecule has 0 aliphatic carbocycles. The lowest BCUT2D eigenvalue weighted by Gasteiger charge is -2.29. The van der Waals surface area contributed by atoms with Crippen LogP contribution in [0, 0.1) is 10.1 Å². The van der Waals surface area contributed by atoms with Crippen molar-refractivity contribution < 1.29 is 24.0 Å². The molecule has 1 atom stereocenters. The number of nitrogens with zero attached hydrogens (tertiary/aromatic N) is 2. The van der Waals surface area contributed by atoms with Crippen molar-refractivity contribution in [3.63, 3.8) is 0 Å². The minimum atomic E-state index is -1.11. The molecular formula is C22H21N3O6. The summed E-state index contributed by atoms with van der Waals surface area (Å²) in [5, 5.41) is 12.2. The van der Waals surface area contributed by atoms with Crippen molar-refractivity contribution in [2.75, 3.05) is 31.2 Å². The number of benzene rings is 2. The van der Waals surface area contributed by atoms with Gasteiger partial charge in [-0.25, -0.2) is 4.79 Å². The molecule has 9 heteroatoms. The molecule has 1 fully saturated rings. The van der Waals surface area contributed by atoms with Gasteiger partial charge in [0.1, 0.15) is 5.56 Å². The molecule has 1 unspecified atom stereocenters. The van der Waals surface area contributed by atoms with Crippen LogP contribution in [0.4, 0.5) is 11.4 Å². The van der Waals surface area contributed by atoms with Crippen LogP contribution in [0.1, 0.15) is 27.6 Å². The van der Waals surface area contributed by atoms with Gasteiger partial charge in [-0.2, -0.15) is 0 Å². The van der Waals surface area contributed by atoms with Gasteiger partial charge in [0, 0.05) is 47.5 Å². The number of esters is 1. The van der Waals surface area contributed by atoms with Crippen molar-refractivity contribution >= 4 is 34.0 Å². The van der Waals surface area contributed by atoms with Gasteiger partial charge in [0.15, 0.2) is 6.10 Å². The summed E-state index contributed by atoms with van der Waals surface area (Å²) in [6, 6.07) is 11.6. The number of Topliss-reactive ketones (excluding diaryl/α,β-unsaturated/α-hetero) is 1. The fourth-order valence-electron chi connectivity index (χ4n) is 3.64. The van der Waals surface area contributed by atoms with Crippen LogP contribution in [-0.2, 0) is 9.47 Å². The molecule has 31 heavy (non-hydrogen) atoms. The van der Waals surface area contributed by atoms with Crippen LogP contribution in [0.2, 0.25) is 0 Å². The number of nitrogens with one attached hydrogen (secondary N) is 1. The number of rotatable bonds is 6. The first-order valence-electron chi connectivity index (χ1n) is 9.88. The number of hydrogen-bond donors (Lipinski definition) is 1. The predicted molar refractivity (Wildman–Crippen MR) is 114 cm³/mol. The summed E-state index contributed by atoms with van der Waals surface area (Å²) in [5.74, 6) is -1.31. The molecule has 1 aliphatic rings. The Morgan fingerprint density at radius 3 is 2.65 bits per heavy atom. The fraction of sp³-hybridized carbons (Fsp3) is 0.273. The third kappa shape index (κ3) is 4.13. The minimum absolute atomic E-state index is 0.187. The van der Waals surface area contributed by atoms with Gasteiger partial charge in [-0.05, 0) is 25.1 Å². The zero-order valence-corrected chi connectivity index (χ0v) is 16.9. The third-order valence-corrected chi connectivity index (χ3v) is 5.28. The van der Waals surface area contributed by atoms with E-state index in [1.165, 1.54) is 19.1 Å². The topological polar surface area (TPSA) is 115 Å². The Hall–Kier alpha value is -3.72. The monoisotopic (exact) mass is 423 g/mol. The van der Waals surface area contributed by atoms with Crippen LogP contribution in [0.15, 0.2) is 48.7 Å². The second-order valence-corrected chi connectivity index (χ2v) is 7.22. The smallest absolute Gasteiger partial charge is 0.345 e. The van der Waals surface area contributed by atoms with Crippen LogP contribution in [0.5, 0.6) is 0 Å². The number of hydrogen-bond acceptors (Lipinski definition) is 7. The van der Waals surface area contributed by atoms with Gasteiger partial charge in [-0.15, -0.1) is 0 Å². The second-order valence-electron chi connectivity index (χ2n) is 7.22. The molecule has 0 spiro atoms. The van der Waals surface area contributed by atoms with Crippen molar-refractivity contribution in [1.82, 2.24) is 4.98 Å². The average molecular weight is 423 g/mol. The number of nitro benzene ring substituents is 1. The van der Waals surface area contributed by atoms with Crippen molar-refractivity contribution in [1.29, 1.82) is 0 Å². The molecule has 0 saturated carbocycles. The third-order valence-electron chi connectivity index (χ3n) is 5.28. The Balaban J connectivity index is 1.57. The highest BCUT2D eigenvalue weighted by Crippen LogP contribution is 2.27. The van der Waals surface area contributed by atoms with Gasteiger partial charge < -0.3 is 19.4 Å². The Morgan fingerprint density at radius 1 is 1.16 bits per heavy atom. The van der Waals surface area contributed by atoms with Crippen molar-refractivity contribution in [3.8, 4) is 0 Å². The normalized spacial score (nSPS) is 14.9. The quantitative estimate of drug-likeness (QED) is 0.280.